The molecule has 6 heteroatoms. The minimum Gasteiger partial charge on any atom is -0.423 e. The molecule has 0 aliphatic carbocycles. The molecule has 1 heterocycles. The number of hydrogen-bond acceptors (Lipinski definition) is 3. The summed E-state index contributed by atoms with van der Waals surface area (Å²) < 4.78 is 19.1. The number of fused-ring (bicyclic) bond motifs is 1. The summed E-state index contributed by atoms with van der Waals surface area (Å²) in [6.45, 7) is 2.68. The van der Waals surface area contributed by atoms with Crippen LogP contribution in [0.3, 0.4) is 0 Å². The third kappa shape index (κ3) is 2.13. The van der Waals surface area contributed by atoms with E-state index in [2.05, 4.69) is 0 Å². The van der Waals surface area contributed by atoms with Gasteiger partial charge >= 0.3 is 7.12 Å². The number of rotatable bonds is 3. The summed E-state index contributed by atoms with van der Waals surface area (Å²) in [6, 6.07) is 3.08. The Bertz CT molecular complexity index is 481. The number of carbonyl (C=O) groups excluding carboxylic acids is 1. The van der Waals surface area contributed by atoms with Crippen molar-refractivity contribution in [3.63, 3.8) is 0 Å². The first-order valence-corrected chi connectivity index (χ1v) is 5.92. The highest BCUT2D eigenvalue weighted by atomic mass is 19.1. The quantitative estimate of drug-likeness (QED) is 0.797. The number of nitrogens with zero attached hydrogens (tertiary/aromatic N) is 1. The van der Waals surface area contributed by atoms with Crippen molar-refractivity contribution in [3.8, 4) is 0 Å². The van der Waals surface area contributed by atoms with Crippen LogP contribution in [0.1, 0.15) is 29.3 Å². The lowest BCUT2D eigenvalue weighted by atomic mass is 9.78. The average Bonchev–Trinajstić information content (AvgIpc) is 2.72. The Morgan fingerprint density at radius 2 is 2.33 bits per heavy atom. The highest BCUT2D eigenvalue weighted by Crippen LogP contribution is 2.16. The SMILES string of the molecule is CCCN(C)C(=O)c1ccc2c(c1F)B(O)OC2. The molecule has 0 fully saturated rings. The van der Waals surface area contributed by atoms with E-state index >= 15 is 0 Å². The number of carbonyl (C=O) groups is 1. The van der Waals surface area contributed by atoms with Crippen molar-refractivity contribution in [2.45, 2.75) is 20.0 Å². The van der Waals surface area contributed by atoms with Crippen LogP contribution in [0.5, 0.6) is 0 Å². The Labute approximate surface area is 106 Å². The van der Waals surface area contributed by atoms with Crippen LogP contribution in [0, 0.1) is 5.82 Å². The van der Waals surface area contributed by atoms with E-state index in [4.69, 9.17) is 4.65 Å². The van der Waals surface area contributed by atoms with Crippen molar-refractivity contribution in [2.75, 3.05) is 13.6 Å². The van der Waals surface area contributed by atoms with Gasteiger partial charge in [-0.25, -0.2) is 4.39 Å². The first kappa shape index (κ1) is 13.0. The minimum absolute atomic E-state index is 0.0192. The lowest BCUT2D eigenvalue weighted by Crippen LogP contribution is -2.35. The van der Waals surface area contributed by atoms with Crippen LogP contribution in [0.25, 0.3) is 0 Å². The summed E-state index contributed by atoms with van der Waals surface area (Å²) in [5.41, 5.74) is 0.662. The first-order chi connectivity index (χ1) is 8.56. The van der Waals surface area contributed by atoms with Gasteiger partial charge in [-0.1, -0.05) is 13.0 Å². The second-order valence-corrected chi connectivity index (χ2v) is 4.39. The Balaban J connectivity index is 2.36. The lowest BCUT2D eigenvalue weighted by Gasteiger charge is -2.17. The van der Waals surface area contributed by atoms with Gasteiger partial charge in [0.25, 0.3) is 5.91 Å². The van der Waals surface area contributed by atoms with Gasteiger partial charge in [0.15, 0.2) is 0 Å². The van der Waals surface area contributed by atoms with E-state index in [9.17, 15) is 14.2 Å². The van der Waals surface area contributed by atoms with Crippen molar-refractivity contribution in [3.05, 3.63) is 29.1 Å². The Morgan fingerprint density at radius 1 is 1.61 bits per heavy atom. The molecule has 0 unspecified atom stereocenters. The van der Waals surface area contributed by atoms with Gasteiger partial charge in [0.05, 0.1) is 12.2 Å². The van der Waals surface area contributed by atoms with Gasteiger partial charge < -0.3 is 14.6 Å². The monoisotopic (exact) mass is 251 g/mol. The van der Waals surface area contributed by atoms with Gasteiger partial charge in [-0.3, -0.25) is 4.79 Å². The zero-order valence-electron chi connectivity index (χ0n) is 10.4. The molecule has 0 aromatic heterocycles. The molecule has 0 radical (unpaired) electrons. The maximum Gasteiger partial charge on any atom is 0.494 e. The Morgan fingerprint density at radius 3 is 3.00 bits per heavy atom. The van der Waals surface area contributed by atoms with Crippen molar-refractivity contribution in [2.24, 2.45) is 0 Å². The Kier molecular flexibility index (Phi) is 3.68. The van der Waals surface area contributed by atoms with Crippen molar-refractivity contribution >= 4 is 18.5 Å². The van der Waals surface area contributed by atoms with E-state index in [0.29, 0.717) is 12.1 Å². The fraction of sp³-hybridized carbons (Fsp3) is 0.417. The van der Waals surface area contributed by atoms with Crippen LogP contribution in [0.2, 0.25) is 0 Å². The summed E-state index contributed by atoms with van der Waals surface area (Å²) in [4.78, 5) is 13.5. The molecule has 0 bridgehead atoms. The van der Waals surface area contributed by atoms with E-state index in [1.54, 1.807) is 13.1 Å². The van der Waals surface area contributed by atoms with Gasteiger partial charge in [-0.2, -0.15) is 0 Å². The fourth-order valence-electron chi connectivity index (χ4n) is 2.09. The van der Waals surface area contributed by atoms with Crippen molar-refractivity contribution in [1.82, 2.24) is 4.90 Å². The predicted octanol–water partition coefficient (Wildman–Crippen LogP) is 0.525. The second kappa shape index (κ2) is 5.08. The standard InChI is InChI=1S/C12H15BFNO3/c1-3-6-15(2)12(16)9-5-4-8-7-18-13(17)10(8)11(9)14/h4-5,17H,3,6-7H2,1-2H3. The van der Waals surface area contributed by atoms with Crippen LogP contribution >= 0.6 is 0 Å². The van der Waals surface area contributed by atoms with Gasteiger partial charge in [-0.15, -0.1) is 0 Å². The zero-order chi connectivity index (χ0) is 13.3. The largest absolute Gasteiger partial charge is 0.494 e. The van der Waals surface area contributed by atoms with E-state index in [1.165, 1.54) is 11.0 Å². The van der Waals surface area contributed by atoms with Crippen LogP contribution in [-0.4, -0.2) is 36.5 Å². The van der Waals surface area contributed by atoms with E-state index in [-0.39, 0.29) is 23.5 Å². The summed E-state index contributed by atoms with van der Waals surface area (Å²) >= 11 is 0. The molecule has 1 amide bonds. The molecule has 2 rings (SSSR count). The van der Waals surface area contributed by atoms with Crippen molar-refractivity contribution in [1.29, 1.82) is 0 Å². The molecule has 0 saturated heterocycles. The van der Waals surface area contributed by atoms with E-state index < -0.39 is 12.9 Å². The molecule has 1 aromatic carbocycles. The maximum atomic E-state index is 14.2. The topological polar surface area (TPSA) is 49.8 Å². The summed E-state index contributed by atoms with van der Waals surface area (Å²) in [6.07, 6.45) is 0.806. The maximum absolute atomic E-state index is 14.2. The van der Waals surface area contributed by atoms with Crippen LogP contribution < -0.4 is 5.46 Å². The van der Waals surface area contributed by atoms with Gasteiger partial charge in [-0.05, 0) is 18.1 Å². The molecule has 0 spiro atoms. The molecular formula is C12H15BFNO3. The van der Waals surface area contributed by atoms with Crippen LogP contribution in [-0.2, 0) is 11.3 Å². The van der Waals surface area contributed by atoms with E-state index in [1.807, 2.05) is 6.92 Å². The minimum atomic E-state index is -1.27. The fourth-order valence-corrected chi connectivity index (χ4v) is 2.09. The molecule has 4 nitrogen and oxygen atoms in total. The summed E-state index contributed by atoms with van der Waals surface area (Å²) in [7, 11) is 0.357. The smallest absolute Gasteiger partial charge is 0.423 e. The molecule has 96 valence electrons. The van der Waals surface area contributed by atoms with Crippen LogP contribution in [0.4, 0.5) is 4.39 Å². The highest BCUT2D eigenvalue weighted by molar-refractivity contribution is 6.61. The van der Waals surface area contributed by atoms with Crippen molar-refractivity contribution < 1.29 is 18.9 Å². The lowest BCUT2D eigenvalue weighted by molar-refractivity contribution is 0.0790. The Hall–Kier alpha value is -1.40. The second-order valence-electron chi connectivity index (χ2n) is 4.39. The number of hydrogen-bond donors (Lipinski definition) is 1. The summed E-state index contributed by atoms with van der Waals surface area (Å²) in [5, 5.41) is 9.52. The van der Waals surface area contributed by atoms with E-state index in [0.717, 1.165) is 6.42 Å². The molecule has 0 saturated carbocycles. The number of halogens is 1. The average molecular weight is 251 g/mol. The predicted molar refractivity (Wildman–Crippen MR) is 66.0 cm³/mol. The van der Waals surface area contributed by atoms with Crippen LogP contribution in [0.15, 0.2) is 12.1 Å². The molecule has 1 N–H and O–H groups in total. The summed E-state index contributed by atoms with van der Waals surface area (Å²) in [5.74, 6) is -1.05. The molecule has 1 aromatic rings. The number of amides is 1. The van der Waals surface area contributed by atoms with Gasteiger partial charge in [0.1, 0.15) is 5.82 Å². The third-order valence-corrected chi connectivity index (χ3v) is 3.05. The molecular weight excluding hydrogens is 236 g/mol. The molecule has 1 aliphatic heterocycles. The number of benzene rings is 1. The third-order valence-electron chi connectivity index (χ3n) is 3.05. The molecule has 18 heavy (non-hydrogen) atoms. The first-order valence-electron chi connectivity index (χ1n) is 5.92. The zero-order valence-corrected chi connectivity index (χ0v) is 10.4. The normalized spacial score (nSPS) is 13.7. The van der Waals surface area contributed by atoms with Gasteiger partial charge in [0, 0.05) is 19.1 Å². The van der Waals surface area contributed by atoms with Gasteiger partial charge in [0.2, 0.25) is 0 Å². The highest BCUT2D eigenvalue weighted by Gasteiger charge is 2.33. The molecule has 1 aliphatic rings. The molecule has 0 atom stereocenters.